The normalized spacial score (nSPS) is 45.6. The van der Waals surface area contributed by atoms with Crippen LogP contribution in [0.15, 0.2) is 11.6 Å². The van der Waals surface area contributed by atoms with Crippen molar-refractivity contribution in [2.45, 2.75) is 99.7 Å². The molecule has 3 saturated carbocycles. The maximum atomic E-state index is 14.8. The van der Waals surface area contributed by atoms with E-state index in [0.717, 1.165) is 37.8 Å². The molecule has 0 aromatic carbocycles. The first kappa shape index (κ1) is 33.6. The Hall–Kier alpha value is -1.77. The van der Waals surface area contributed by atoms with Crippen LogP contribution in [0, 0.1) is 56.7 Å². The average molecular weight is 616 g/mol. The van der Waals surface area contributed by atoms with Crippen LogP contribution in [0.25, 0.3) is 0 Å². The third kappa shape index (κ3) is 4.58. The third-order valence-corrected chi connectivity index (χ3v) is 14.1. The van der Waals surface area contributed by atoms with E-state index in [1.165, 1.54) is 6.92 Å². The van der Waals surface area contributed by atoms with Crippen molar-refractivity contribution in [2.75, 3.05) is 40.5 Å². The van der Waals surface area contributed by atoms with Gasteiger partial charge in [0.1, 0.15) is 12.2 Å². The van der Waals surface area contributed by atoms with Crippen LogP contribution in [0.2, 0.25) is 0 Å². The average Bonchev–Trinajstić information content (AvgIpc) is 2.91. The van der Waals surface area contributed by atoms with Crippen LogP contribution in [-0.2, 0) is 28.6 Å². The number of esters is 1. The summed E-state index contributed by atoms with van der Waals surface area (Å²) in [6.45, 7) is 18.7. The van der Waals surface area contributed by atoms with E-state index in [4.69, 9.17) is 14.2 Å². The van der Waals surface area contributed by atoms with Crippen molar-refractivity contribution in [2.24, 2.45) is 56.7 Å². The Labute approximate surface area is 264 Å². The largest absolute Gasteiger partial charge is 0.481 e. The number of aliphatic carboxylic acids is 1. The molecule has 11 atom stereocenters. The molecular formula is C36H57NO7. The Kier molecular flexibility index (Phi) is 8.54. The minimum atomic E-state index is -1.03. The van der Waals surface area contributed by atoms with E-state index in [9.17, 15) is 19.5 Å². The second-order valence-corrected chi connectivity index (χ2v) is 16.7. The Balaban J connectivity index is 1.62. The Morgan fingerprint density at radius 1 is 1.09 bits per heavy atom. The molecule has 1 heterocycles. The van der Waals surface area contributed by atoms with Gasteiger partial charge in [-0.15, -0.1) is 0 Å². The van der Waals surface area contributed by atoms with E-state index in [1.807, 2.05) is 27.1 Å². The summed E-state index contributed by atoms with van der Waals surface area (Å²) in [7, 11) is 4.03. The molecule has 1 saturated heterocycles. The fraction of sp³-hybridized carbons (Fsp3) is 0.861. The monoisotopic (exact) mass is 615 g/mol. The maximum Gasteiger partial charge on any atom is 0.308 e. The van der Waals surface area contributed by atoms with E-state index in [2.05, 4.69) is 46.4 Å². The van der Waals surface area contributed by atoms with Crippen LogP contribution in [0.1, 0.15) is 87.5 Å². The van der Waals surface area contributed by atoms with Crippen molar-refractivity contribution >= 4 is 17.7 Å². The number of nitrogens with zero attached hydrogens (tertiary/aromatic N) is 1. The van der Waals surface area contributed by atoms with Crippen molar-refractivity contribution in [1.29, 1.82) is 0 Å². The quantitative estimate of drug-likeness (QED) is 0.351. The van der Waals surface area contributed by atoms with E-state index in [0.29, 0.717) is 32.2 Å². The van der Waals surface area contributed by atoms with Gasteiger partial charge in [-0.05, 0) is 86.8 Å². The molecule has 0 aromatic heterocycles. The summed E-state index contributed by atoms with van der Waals surface area (Å²) in [5.74, 6) is -1.32. The van der Waals surface area contributed by atoms with Gasteiger partial charge in [-0.25, -0.2) is 0 Å². The van der Waals surface area contributed by atoms with Crippen LogP contribution in [-0.4, -0.2) is 80.4 Å². The second kappa shape index (κ2) is 11.2. The van der Waals surface area contributed by atoms with E-state index >= 15 is 0 Å². The highest BCUT2D eigenvalue weighted by atomic mass is 16.6. The molecule has 4 fully saturated rings. The highest BCUT2D eigenvalue weighted by molar-refractivity contribution is 6.00. The molecular weight excluding hydrogens is 558 g/mol. The zero-order chi connectivity index (χ0) is 32.6. The van der Waals surface area contributed by atoms with Crippen molar-refractivity contribution in [3.8, 4) is 0 Å². The number of fused-ring (bicyclic) bond motifs is 3. The predicted octanol–water partition coefficient (Wildman–Crippen LogP) is 5.63. The number of carboxylic acid groups (broad SMARTS) is 1. The fourth-order valence-electron chi connectivity index (χ4n) is 11.3. The zero-order valence-corrected chi connectivity index (χ0v) is 28.8. The first-order valence-electron chi connectivity index (χ1n) is 16.9. The van der Waals surface area contributed by atoms with Gasteiger partial charge in [-0.2, -0.15) is 0 Å². The molecule has 8 heteroatoms. The number of hydrogen-bond acceptors (Lipinski definition) is 7. The van der Waals surface area contributed by atoms with Crippen molar-refractivity contribution in [1.82, 2.24) is 4.90 Å². The third-order valence-electron chi connectivity index (χ3n) is 14.1. The SMILES string of the molecule is CC(=O)O[C@@H]1C[C@@]23COC[C@@](C)(C2CCC2C3=CC(=O)[C@@]3(C)[C@H](C(=O)O)[C@@](C)([C@H](C)C(C)C)CC[C@]23C)[C@H]1OCCN(C)C. The van der Waals surface area contributed by atoms with Crippen LogP contribution >= 0.6 is 0 Å². The number of rotatable bonds is 8. The molecule has 0 spiro atoms. The summed E-state index contributed by atoms with van der Waals surface area (Å²) in [6, 6.07) is 0. The molecule has 2 unspecified atom stereocenters. The Bertz CT molecular complexity index is 1210. The first-order chi connectivity index (χ1) is 20.4. The summed E-state index contributed by atoms with van der Waals surface area (Å²) in [6.07, 6.45) is 5.06. The van der Waals surface area contributed by atoms with Crippen LogP contribution in [0.3, 0.4) is 0 Å². The molecule has 4 aliphatic carbocycles. The van der Waals surface area contributed by atoms with Crippen molar-refractivity contribution in [3.05, 3.63) is 11.6 Å². The number of carbonyl (C=O) groups excluding carboxylic acids is 2. The molecule has 0 amide bonds. The summed E-state index contributed by atoms with van der Waals surface area (Å²) in [4.78, 5) is 42.6. The summed E-state index contributed by atoms with van der Waals surface area (Å²) >= 11 is 0. The van der Waals surface area contributed by atoms with Gasteiger partial charge >= 0.3 is 11.9 Å². The number of ketones is 1. The number of ether oxygens (including phenoxy) is 3. The summed E-state index contributed by atoms with van der Waals surface area (Å²) in [5.41, 5.74) is -1.81. The number of hydrogen-bond donors (Lipinski definition) is 1. The fourth-order valence-corrected chi connectivity index (χ4v) is 11.3. The maximum absolute atomic E-state index is 14.8. The molecule has 248 valence electrons. The summed E-state index contributed by atoms with van der Waals surface area (Å²) < 4.78 is 19.1. The van der Waals surface area contributed by atoms with Gasteiger partial charge in [0.2, 0.25) is 0 Å². The predicted molar refractivity (Wildman–Crippen MR) is 168 cm³/mol. The topological polar surface area (TPSA) is 102 Å². The highest BCUT2D eigenvalue weighted by Gasteiger charge is 2.74. The molecule has 8 nitrogen and oxygen atoms in total. The van der Waals surface area contributed by atoms with Gasteiger partial charge in [-0.3, -0.25) is 14.4 Å². The zero-order valence-electron chi connectivity index (χ0n) is 28.8. The Morgan fingerprint density at radius 3 is 2.36 bits per heavy atom. The summed E-state index contributed by atoms with van der Waals surface area (Å²) in [5, 5.41) is 10.9. The first-order valence-corrected chi connectivity index (χ1v) is 16.9. The van der Waals surface area contributed by atoms with Gasteiger partial charge in [0.25, 0.3) is 0 Å². The molecule has 1 N–H and O–H groups in total. The number of likely N-dealkylation sites (N-methyl/N-ethyl adjacent to an activating group) is 1. The minimum absolute atomic E-state index is 0.0531. The molecule has 5 rings (SSSR count). The minimum Gasteiger partial charge on any atom is -0.481 e. The van der Waals surface area contributed by atoms with Crippen LogP contribution in [0.4, 0.5) is 0 Å². The molecule has 0 radical (unpaired) electrons. The van der Waals surface area contributed by atoms with Gasteiger partial charge < -0.3 is 24.2 Å². The van der Waals surface area contributed by atoms with E-state index in [-0.39, 0.29) is 35.6 Å². The molecule has 0 aromatic rings. The van der Waals surface area contributed by atoms with Gasteiger partial charge in [-0.1, -0.05) is 54.0 Å². The van der Waals surface area contributed by atoms with Gasteiger partial charge in [0, 0.05) is 29.7 Å². The van der Waals surface area contributed by atoms with E-state index < -0.39 is 45.1 Å². The molecule has 1 aliphatic heterocycles. The highest BCUT2D eigenvalue weighted by Crippen LogP contribution is 2.74. The lowest BCUT2D eigenvalue weighted by Gasteiger charge is -2.70. The lowest BCUT2D eigenvalue weighted by molar-refractivity contribution is -0.265. The molecule has 44 heavy (non-hydrogen) atoms. The van der Waals surface area contributed by atoms with Crippen LogP contribution in [0.5, 0.6) is 0 Å². The Morgan fingerprint density at radius 2 is 1.77 bits per heavy atom. The van der Waals surface area contributed by atoms with Gasteiger partial charge in [0.05, 0.1) is 25.7 Å². The van der Waals surface area contributed by atoms with Crippen molar-refractivity contribution in [3.63, 3.8) is 0 Å². The van der Waals surface area contributed by atoms with Crippen LogP contribution < -0.4 is 0 Å². The number of carbonyl (C=O) groups is 3. The molecule has 5 aliphatic rings. The second-order valence-electron chi connectivity index (χ2n) is 16.7. The van der Waals surface area contributed by atoms with E-state index in [1.54, 1.807) is 0 Å². The smallest absolute Gasteiger partial charge is 0.308 e. The molecule has 2 bridgehead atoms. The van der Waals surface area contributed by atoms with Gasteiger partial charge in [0.15, 0.2) is 5.78 Å². The lowest BCUT2D eigenvalue weighted by Crippen LogP contribution is -2.71. The lowest BCUT2D eigenvalue weighted by atomic mass is 9.34. The number of allylic oxidation sites excluding steroid dienone is 1. The standard InChI is InChI=1S/C36H57NO7/c1-21(2)22(3)32(5)13-14-34(7)24-11-12-27-33(6)19-42-20-36(27,25(24)17-28(39)35(34,8)29(32)31(40)41)18-26(44-23(4)38)30(33)43-16-15-37(9)10/h17,21-22,24,26-27,29-30H,11-16,18-20H2,1-10H3,(H,40,41)/t22-,24?,26-,27?,29-,30+,32-,33+,34-,35+,36+/m1/s1. The number of carboxylic acids is 1. The van der Waals surface area contributed by atoms with Crippen molar-refractivity contribution < 1.29 is 33.7 Å².